The maximum atomic E-state index is 6.25. The molecule has 0 bridgehead atoms. The number of thioether (sulfide) groups is 1. The van der Waals surface area contributed by atoms with Crippen molar-refractivity contribution < 1.29 is 0 Å². The largest absolute Gasteiger partial charge is 0.324 e. The van der Waals surface area contributed by atoms with Crippen molar-refractivity contribution in [2.45, 2.75) is 18.9 Å². The summed E-state index contributed by atoms with van der Waals surface area (Å²) in [6.45, 7) is 3.38. The molecular weight excluding hydrogens is 299 g/mol. The van der Waals surface area contributed by atoms with Crippen molar-refractivity contribution >= 4 is 35.0 Å². The Morgan fingerprint density at radius 1 is 1.26 bits per heavy atom. The summed E-state index contributed by atoms with van der Waals surface area (Å²) in [6.07, 6.45) is 2.20. The van der Waals surface area contributed by atoms with E-state index in [9.17, 15) is 0 Å². The van der Waals surface area contributed by atoms with Gasteiger partial charge in [0.1, 0.15) is 0 Å². The van der Waals surface area contributed by atoms with Gasteiger partial charge in [-0.25, -0.2) is 0 Å². The van der Waals surface area contributed by atoms with Gasteiger partial charge in [-0.3, -0.25) is 0 Å². The van der Waals surface area contributed by atoms with Crippen molar-refractivity contribution in [2.24, 2.45) is 5.73 Å². The second-order valence-corrected chi connectivity index (χ2v) is 6.86. The molecule has 1 saturated heterocycles. The Morgan fingerprint density at radius 2 is 2.11 bits per heavy atom. The van der Waals surface area contributed by atoms with Crippen LogP contribution in [0.15, 0.2) is 18.2 Å². The lowest BCUT2D eigenvalue weighted by Gasteiger charge is -2.22. The maximum absolute atomic E-state index is 6.25. The number of halogens is 2. The fourth-order valence-corrected chi connectivity index (χ4v) is 3.68. The molecule has 0 amide bonds. The summed E-state index contributed by atoms with van der Waals surface area (Å²) in [4.78, 5) is 2.50. The van der Waals surface area contributed by atoms with Crippen LogP contribution in [0.4, 0.5) is 0 Å². The molecule has 1 aromatic carbocycles. The van der Waals surface area contributed by atoms with Gasteiger partial charge in [0.2, 0.25) is 0 Å². The number of nitrogens with zero attached hydrogens (tertiary/aromatic N) is 1. The van der Waals surface area contributed by atoms with Crippen molar-refractivity contribution in [1.29, 1.82) is 0 Å². The van der Waals surface area contributed by atoms with Gasteiger partial charge in [-0.05, 0) is 43.3 Å². The first kappa shape index (κ1) is 15.5. The molecule has 2 rings (SSSR count). The fourth-order valence-electron chi connectivity index (χ4n) is 2.31. The van der Waals surface area contributed by atoms with Gasteiger partial charge in [0.05, 0.1) is 10.0 Å². The number of hydrogen-bond acceptors (Lipinski definition) is 3. The second-order valence-electron chi connectivity index (χ2n) is 4.85. The Bertz CT molecular complexity index is 406. The van der Waals surface area contributed by atoms with Gasteiger partial charge < -0.3 is 10.6 Å². The molecule has 1 atom stereocenters. The lowest BCUT2D eigenvalue weighted by Crippen LogP contribution is -2.29. The van der Waals surface area contributed by atoms with Crippen molar-refractivity contribution in [1.82, 2.24) is 4.90 Å². The van der Waals surface area contributed by atoms with Crippen LogP contribution in [0.5, 0.6) is 0 Å². The summed E-state index contributed by atoms with van der Waals surface area (Å²) in [5, 5.41) is 1.18. The molecule has 19 heavy (non-hydrogen) atoms. The third-order valence-corrected chi connectivity index (χ3v) is 5.33. The molecule has 1 aliphatic rings. The van der Waals surface area contributed by atoms with E-state index in [4.69, 9.17) is 28.9 Å². The number of rotatable bonds is 4. The highest BCUT2D eigenvalue weighted by Crippen LogP contribution is 2.30. The Balaban J connectivity index is 1.89. The van der Waals surface area contributed by atoms with Gasteiger partial charge in [-0.2, -0.15) is 11.8 Å². The van der Waals surface area contributed by atoms with Crippen LogP contribution in [-0.4, -0.2) is 36.0 Å². The summed E-state index contributed by atoms with van der Waals surface area (Å²) in [6, 6.07) is 5.64. The minimum Gasteiger partial charge on any atom is -0.324 e. The molecule has 5 heteroatoms. The van der Waals surface area contributed by atoms with Crippen LogP contribution in [0.1, 0.15) is 24.4 Å². The van der Waals surface area contributed by atoms with Crippen LogP contribution < -0.4 is 5.73 Å². The van der Waals surface area contributed by atoms with Crippen LogP contribution in [0.3, 0.4) is 0 Å². The van der Waals surface area contributed by atoms with E-state index in [1.807, 2.05) is 23.9 Å². The summed E-state index contributed by atoms with van der Waals surface area (Å²) in [5.74, 6) is 2.51. The molecule has 0 radical (unpaired) electrons. The summed E-state index contributed by atoms with van der Waals surface area (Å²) < 4.78 is 0. The minimum atomic E-state index is -0.0397. The number of nitrogens with two attached hydrogens (primary N) is 1. The highest BCUT2D eigenvalue weighted by Gasteiger charge is 2.15. The molecule has 2 nitrogen and oxygen atoms in total. The van der Waals surface area contributed by atoms with Crippen LogP contribution in [0, 0.1) is 0 Å². The van der Waals surface area contributed by atoms with Gasteiger partial charge in [0.25, 0.3) is 0 Å². The van der Waals surface area contributed by atoms with Crippen LogP contribution in [-0.2, 0) is 0 Å². The molecule has 0 spiro atoms. The maximum Gasteiger partial charge on any atom is 0.0640 e. The van der Waals surface area contributed by atoms with E-state index in [2.05, 4.69) is 4.90 Å². The molecule has 2 N–H and O–H groups in total. The topological polar surface area (TPSA) is 29.3 Å². The Morgan fingerprint density at radius 3 is 2.95 bits per heavy atom. The van der Waals surface area contributed by atoms with Crippen molar-refractivity contribution in [3.63, 3.8) is 0 Å². The fraction of sp³-hybridized carbons (Fsp3) is 0.571. The third kappa shape index (κ3) is 4.54. The predicted octanol–water partition coefficient (Wildman–Crippen LogP) is 3.82. The number of hydrogen-bond donors (Lipinski definition) is 1. The highest BCUT2D eigenvalue weighted by molar-refractivity contribution is 7.99. The van der Waals surface area contributed by atoms with E-state index in [0.29, 0.717) is 10.0 Å². The molecule has 0 aromatic heterocycles. The standard InChI is InChI=1S/C14H20Cl2N2S/c15-12-4-1-3-11(14(12)16)13(17)5-7-18-6-2-9-19-10-8-18/h1,3-4,13H,2,5-10,17H2. The summed E-state index contributed by atoms with van der Waals surface area (Å²) in [5.41, 5.74) is 7.20. The quantitative estimate of drug-likeness (QED) is 0.915. The molecule has 0 saturated carbocycles. The molecular formula is C14H20Cl2N2S. The second kappa shape index (κ2) is 7.75. The summed E-state index contributed by atoms with van der Waals surface area (Å²) in [7, 11) is 0. The van der Waals surface area contributed by atoms with Crippen molar-refractivity contribution in [3.05, 3.63) is 33.8 Å². The molecule has 106 valence electrons. The molecule has 0 aliphatic carbocycles. The van der Waals surface area contributed by atoms with Crippen molar-refractivity contribution in [2.75, 3.05) is 31.1 Å². The molecule has 1 aromatic rings. The van der Waals surface area contributed by atoms with Gasteiger partial charge in [-0.15, -0.1) is 0 Å². The van der Waals surface area contributed by atoms with Gasteiger partial charge in [-0.1, -0.05) is 35.3 Å². The van der Waals surface area contributed by atoms with E-state index in [-0.39, 0.29) is 6.04 Å². The Kier molecular flexibility index (Phi) is 6.30. The van der Waals surface area contributed by atoms with E-state index in [1.54, 1.807) is 6.07 Å². The predicted molar refractivity (Wildman–Crippen MR) is 86.4 cm³/mol. The van der Waals surface area contributed by atoms with Gasteiger partial charge in [0.15, 0.2) is 0 Å². The van der Waals surface area contributed by atoms with Crippen LogP contribution >= 0.6 is 35.0 Å². The van der Waals surface area contributed by atoms with Gasteiger partial charge in [0, 0.05) is 18.3 Å². The first-order valence-electron chi connectivity index (χ1n) is 6.68. The number of benzene rings is 1. The van der Waals surface area contributed by atoms with Crippen molar-refractivity contribution in [3.8, 4) is 0 Å². The molecule has 1 aliphatic heterocycles. The normalized spacial score (nSPS) is 19.1. The van der Waals surface area contributed by atoms with E-state index in [1.165, 1.54) is 31.0 Å². The van der Waals surface area contributed by atoms with E-state index in [0.717, 1.165) is 18.5 Å². The van der Waals surface area contributed by atoms with E-state index >= 15 is 0 Å². The smallest absolute Gasteiger partial charge is 0.0640 e. The zero-order chi connectivity index (χ0) is 13.7. The van der Waals surface area contributed by atoms with Crippen LogP contribution in [0.2, 0.25) is 10.0 Å². The minimum absolute atomic E-state index is 0.0397. The first-order chi connectivity index (χ1) is 9.18. The lowest BCUT2D eigenvalue weighted by atomic mass is 10.0. The Hall–Kier alpha value is 0.0700. The average molecular weight is 319 g/mol. The highest BCUT2D eigenvalue weighted by atomic mass is 35.5. The summed E-state index contributed by atoms with van der Waals surface area (Å²) >= 11 is 14.3. The molecule has 1 fully saturated rings. The van der Waals surface area contributed by atoms with Crippen LogP contribution in [0.25, 0.3) is 0 Å². The average Bonchev–Trinajstić information content (AvgIpc) is 2.68. The monoisotopic (exact) mass is 318 g/mol. The molecule has 1 heterocycles. The zero-order valence-electron chi connectivity index (χ0n) is 10.9. The molecule has 1 unspecified atom stereocenters. The SMILES string of the molecule is NC(CCN1CCCSCC1)c1cccc(Cl)c1Cl. The lowest BCUT2D eigenvalue weighted by molar-refractivity contribution is 0.283. The first-order valence-corrected chi connectivity index (χ1v) is 8.59. The van der Waals surface area contributed by atoms with Gasteiger partial charge >= 0.3 is 0 Å². The third-order valence-electron chi connectivity index (χ3n) is 3.45. The zero-order valence-corrected chi connectivity index (χ0v) is 13.3. The Labute approximate surface area is 129 Å². The van der Waals surface area contributed by atoms with E-state index < -0.39 is 0 Å².